The van der Waals surface area contributed by atoms with Crippen molar-refractivity contribution in [3.8, 4) is 5.75 Å². The highest BCUT2D eigenvalue weighted by Crippen LogP contribution is 2.14. The monoisotopic (exact) mass is 252 g/mol. The predicted molar refractivity (Wildman–Crippen MR) is 69.0 cm³/mol. The molecule has 0 bridgehead atoms. The molecule has 0 unspecified atom stereocenters. The molecule has 0 radical (unpaired) electrons. The fraction of sp³-hybridized carbons (Fsp3) is 0.500. The molecule has 4 heteroatoms. The number of carbonyl (C=O) groups is 1. The van der Waals surface area contributed by atoms with Gasteiger partial charge in [0.1, 0.15) is 5.75 Å². The molecule has 0 N–H and O–H groups in total. The zero-order valence-corrected chi connectivity index (χ0v) is 11.1. The smallest absolute Gasteiger partial charge is 0.222 e. The predicted octanol–water partition coefficient (Wildman–Crippen LogP) is 2.67. The molecule has 0 heterocycles. The molecule has 1 rings (SSSR count). The minimum Gasteiger partial charge on any atom is -0.494 e. The zero-order chi connectivity index (χ0) is 13.4. The van der Waals surface area contributed by atoms with Crippen molar-refractivity contribution >= 4 is 5.78 Å². The molecule has 1 aromatic rings. The molecule has 4 nitrogen and oxygen atoms in total. The van der Waals surface area contributed by atoms with Crippen LogP contribution in [0.2, 0.25) is 0 Å². The van der Waals surface area contributed by atoms with Crippen LogP contribution in [0.5, 0.6) is 5.75 Å². The van der Waals surface area contributed by atoms with Crippen LogP contribution in [-0.4, -0.2) is 31.9 Å². The summed E-state index contributed by atoms with van der Waals surface area (Å²) in [6, 6.07) is 6.98. The van der Waals surface area contributed by atoms with Crippen LogP contribution in [0, 0.1) is 0 Å². The van der Waals surface area contributed by atoms with Gasteiger partial charge >= 0.3 is 0 Å². The fourth-order valence-corrected chi connectivity index (χ4v) is 1.52. The Balaban J connectivity index is 2.74. The fourth-order valence-electron chi connectivity index (χ4n) is 1.52. The van der Waals surface area contributed by atoms with Crippen LogP contribution in [0.4, 0.5) is 0 Å². The van der Waals surface area contributed by atoms with E-state index in [1.54, 1.807) is 24.3 Å². The van der Waals surface area contributed by atoms with Gasteiger partial charge in [0.2, 0.25) is 12.1 Å². The Morgan fingerprint density at radius 1 is 1.00 bits per heavy atom. The van der Waals surface area contributed by atoms with E-state index < -0.39 is 6.29 Å². The Morgan fingerprint density at radius 3 is 2.00 bits per heavy atom. The number of hydrogen-bond acceptors (Lipinski definition) is 4. The highest BCUT2D eigenvalue weighted by molar-refractivity contribution is 5.98. The average Bonchev–Trinajstić information content (AvgIpc) is 2.39. The SMILES string of the molecule is CCOc1ccc(C(=O)C(OCC)OCC)cc1. The number of carbonyl (C=O) groups excluding carboxylic acids is 1. The first-order chi connectivity index (χ1) is 8.72. The molecule has 1 aromatic carbocycles. The second-order valence-corrected chi connectivity index (χ2v) is 3.56. The van der Waals surface area contributed by atoms with Crippen molar-refractivity contribution in [1.29, 1.82) is 0 Å². The molecule has 18 heavy (non-hydrogen) atoms. The average molecular weight is 252 g/mol. The summed E-state index contributed by atoms with van der Waals surface area (Å²) in [4.78, 5) is 12.1. The highest BCUT2D eigenvalue weighted by atomic mass is 16.7. The van der Waals surface area contributed by atoms with Crippen LogP contribution >= 0.6 is 0 Å². The molecule has 100 valence electrons. The quantitative estimate of drug-likeness (QED) is 0.527. The topological polar surface area (TPSA) is 44.8 Å². The maximum Gasteiger partial charge on any atom is 0.222 e. The maximum absolute atomic E-state index is 12.1. The second-order valence-electron chi connectivity index (χ2n) is 3.56. The van der Waals surface area contributed by atoms with Crippen molar-refractivity contribution in [2.24, 2.45) is 0 Å². The van der Waals surface area contributed by atoms with Crippen molar-refractivity contribution in [3.63, 3.8) is 0 Å². The molecular weight excluding hydrogens is 232 g/mol. The van der Waals surface area contributed by atoms with Gasteiger partial charge in [-0.1, -0.05) is 0 Å². The molecule has 0 aliphatic carbocycles. The van der Waals surface area contributed by atoms with Crippen LogP contribution in [0.1, 0.15) is 31.1 Å². The summed E-state index contributed by atoms with van der Waals surface area (Å²) in [6.07, 6.45) is -0.821. The van der Waals surface area contributed by atoms with E-state index in [0.717, 1.165) is 5.75 Å². The Labute approximate surface area is 108 Å². The molecule has 0 aliphatic heterocycles. The van der Waals surface area contributed by atoms with Crippen molar-refractivity contribution in [3.05, 3.63) is 29.8 Å². The zero-order valence-electron chi connectivity index (χ0n) is 11.1. The molecule has 0 atom stereocenters. The third-order valence-corrected chi connectivity index (χ3v) is 2.30. The standard InChI is InChI=1S/C14H20O4/c1-4-16-12-9-7-11(8-10-12)13(15)14(17-5-2)18-6-3/h7-10,14H,4-6H2,1-3H3. The lowest BCUT2D eigenvalue weighted by atomic mass is 10.1. The van der Waals surface area contributed by atoms with E-state index in [1.807, 2.05) is 20.8 Å². The van der Waals surface area contributed by atoms with Crippen LogP contribution in [0.25, 0.3) is 0 Å². The Morgan fingerprint density at radius 2 is 1.56 bits per heavy atom. The largest absolute Gasteiger partial charge is 0.494 e. The summed E-state index contributed by atoms with van der Waals surface area (Å²) >= 11 is 0. The van der Waals surface area contributed by atoms with Gasteiger partial charge in [-0.15, -0.1) is 0 Å². The van der Waals surface area contributed by atoms with Gasteiger partial charge in [0, 0.05) is 18.8 Å². The third-order valence-electron chi connectivity index (χ3n) is 2.30. The highest BCUT2D eigenvalue weighted by Gasteiger charge is 2.20. The number of rotatable bonds is 8. The van der Waals surface area contributed by atoms with E-state index in [-0.39, 0.29) is 5.78 Å². The lowest BCUT2D eigenvalue weighted by Crippen LogP contribution is -2.27. The van der Waals surface area contributed by atoms with Gasteiger partial charge in [-0.05, 0) is 45.0 Å². The molecule has 0 saturated heterocycles. The van der Waals surface area contributed by atoms with Crippen LogP contribution in [0.15, 0.2) is 24.3 Å². The van der Waals surface area contributed by atoms with Gasteiger partial charge in [0.15, 0.2) is 0 Å². The molecule has 0 aliphatic rings. The summed E-state index contributed by atoms with van der Waals surface area (Å²) in [5, 5.41) is 0. The van der Waals surface area contributed by atoms with E-state index in [1.165, 1.54) is 0 Å². The van der Waals surface area contributed by atoms with Gasteiger partial charge in [-0.3, -0.25) is 4.79 Å². The minimum atomic E-state index is -0.821. The van der Waals surface area contributed by atoms with Crippen molar-refractivity contribution < 1.29 is 19.0 Å². The van der Waals surface area contributed by atoms with Crippen molar-refractivity contribution in [2.75, 3.05) is 19.8 Å². The number of Topliss-reactive ketones (excluding diaryl/α,β-unsaturated/α-hetero) is 1. The van der Waals surface area contributed by atoms with Crippen molar-refractivity contribution in [1.82, 2.24) is 0 Å². The minimum absolute atomic E-state index is 0.165. The Kier molecular flexibility index (Phi) is 6.39. The Bertz CT molecular complexity index is 353. The van der Waals surface area contributed by atoms with E-state index in [4.69, 9.17) is 14.2 Å². The number of benzene rings is 1. The van der Waals surface area contributed by atoms with E-state index in [2.05, 4.69) is 0 Å². The molecular formula is C14H20O4. The molecule has 0 spiro atoms. The van der Waals surface area contributed by atoms with Crippen molar-refractivity contribution in [2.45, 2.75) is 27.1 Å². The van der Waals surface area contributed by atoms with E-state index in [9.17, 15) is 4.79 Å². The summed E-state index contributed by atoms with van der Waals surface area (Å²) < 4.78 is 15.9. The molecule has 0 saturated carbocycles. The summed E-state index contributed by atoms with van der Waals surface area (Å²) in [5.41, 5.74) is 0.561. The number of ether oxygens (including phenoxy) is 3. The van der Waals surface area contributed by atoms with Crippen LogP contribution < -0.4 is 4.74 Å². The summed E-state index contributed by atoms with van der Waals surface area (Å²) in [6.45, 7) is 7.06. The van der Waals surface area contributed by atoms with Crippen LogP contribution in [-0.2, 0) is 9.47 Å². The van der Waals surface area contributed by atoms with Gasteiger partial charge in [-0.25, -0.2) is 0 Å². The van der Waals surface area contributed by atoms with Gasteiger partial charge in [-0.2, -0.15) is 0 Å². The molecule has 0 aromatic heterocycles. The first-order valence-electron chi connectivity index (χ1n) is 6.23. The number of hydrogen-bond donors (Lipinski definition) is 0. The van der Waals surface area contributed by atoms with E-state index in [0.29, 0.717) is 25.4 Å². The molecule has 0 amide bonds. The Hall–Kier alpha value is -1.39. The van der Waals surface area contributed by atoms with Gasteiger partial charge in [0.05, 0.1) is 6.61 Å². The summed E-state index contributed by atoms with van der Waals surface area (Å²) in [5.74, 6) is 0.583. The summed E-state index contributed by atoms with van der Waals surface area (Å²) in [7, 11) is 0. The van der Waals surface area contributed by atoms with E-state index >= 15 is 0 Å². The second kappa shape index (κ2) is 7.84. The normalized spacial score (nSPS) is 10.7. The van der Waals surface area contributed by atoms with Crippen LogP contribution in [0.3, 0.4) is 0 Å². The van der Waals surface area contributed by atoms with Gasteiger partial charge < -0.3 is 14.2 Å². The first kappa shape index (κ1) is 14.7. The first-order valence-corrected chi connectivity index (χ1v) is 6.23. The number of ketones is 1. The lowest BCUT2D eigenvalue weighted by molar-refractivity contribution is -0.107. The third kappa shape index (κ3) is 4.13. The lowest BCUT2D eigenvalue weighted by Gasteiger charge is -2.15. The maximum atomic E-state index is 12.1. The molecule has 0 fully saturated rings. The van der Waals surface area contributed by atoms with Gasteiger partial charge in [0.25, 0.3) is 0 Å².